The number of unbranched alkanes of at least 4 members (excludes halogenated alkanes) is 16. The van der Waals surface area contributed by atoms with Crippen molar-refractivity contribution in [2.45, 2.75) is 219 Å². The maximum Gasteiger partial charge on any atom is 0.508 e. The summed E-state index contributed by atoms with van der Waals surface area (Å²) >= 11 is 0. The van der Waals surface area contributed by atoms with Crippen LogP contribution >= 0.6 is 0 Å². The molecule has 8 heteroatoms. The van der Waals surface area contributed by atoms with E-state index in [9.17, 15) is 14.4 Å². The average molecular weight is 750 g/mol. The summed E-state index contributed by atoms with van der Waals surface area (Å²) in [5.74, 6) is -0.369. The molecule has 0 amide bonds. The molecule has 0 aliphatic heterocycles. The van der Waals surface area contributed by atoms with Crippen LogP contribution in [0.2, 0.25) is 0 Å². The van der Waals surface area contributed by atoms with E-state index in [4.69, 9.17) is 18.9 Å². The van der Waals surface area contributed by atoms with E-state index in [2.05, 4.69) is 43.1 Å². The summed E-state index contributed by atoms with van der Waals surface area (Å²) < 4.78 is 22.2. The highest BCUT2D eigenvalue weighted by Crippen LogP contribution is 2.19. The Morgan fingerprint density at radius 3 is 1.30 bits per heavy atom. The Hall–Kier alpha value is -2.35. The number of carbonyl (C=O) groups is 3. The summed E-state index contributed by atoms with van der Waals surface area (Å²) in [7, 11) is 4.03. The molecular formula is C45H83NO7. The Morgan fingerprint density at radius 1 is 0.491 bits per heavy atom. The first kappa shape index (κ1) is 50.6. The van der Waals surface area contributed by atoms with Crippen molar-refractivity contribution in [1.29, 1.82) is 0 Å². The summed E-state index contributed by atoms with van der Waals surface area (Å²) in [6.45, 7) is 8.69. The van der Waals surface area contributed by atoms with Gasteiger partial charge in [0.15, 0.2) is 0 Å². The van der Waals surface area contributed by atoms with Crippen molar-refractivity contribution in [3.63, 3.8) is 0 Å². The van der Waals surface area contributed by atoms with Gasteiger partial charge >= 0.3 is 18.1 Å². The molecule has 0 saturated heterocycles. The monoisotopic (exact) mass is 750 g/mol. The van der Waals surface area contributed by atoms with Crippen LogP contribution in [0.3, 0.4) is 0 Å². The Morgan fingerprint density at radius 2 is 0.887 bits per heavy atom. The number of esters is 2. The smallest absolute Gasteiger partial charge is 0.462 e. The van der Waals surface area contributed by atoms with Crippen LogP contribution in [0.15, 0.2) is 24.3 Å². The molecule has 0 radical (unpaired) electrons. The van der Waals surface area contributed by atoms with Crippen LogP contribution in [0.25, 0.3) is 0 Å². The maximum absolute atomic E-state index is 12.4. The Balaban J connectivity index is 4.40. The van der Waals surface area contributed by atoms with Crippen LogP contribution in [0.5, 0.6) is 0 Å². The van der Waals surface area contributed by atoms with E-state index in [1.165, 1.54) is 78.1 Å². The van der Waals surface area contributed by atoms with Gasteiger partial charge in [0.2, 0.25) is 0 Å². The SMILES string of the molecule is CCCCCCC(CC=CCCCCCCCC(CCCCCCCC=CCC(CCCCCC)OC(C)=O)OC(=O)OCCCN(C)C)OC(C)=O. The summed E-state index contributed by atoms with van der Waals surface area (Å²) in [5.41, 5.74) is 0. The number of allylic oxidation sites excluding steroid dienone is 2. The van der Waals surface area contributed by atoms with Crippen LogP contribution < -0.4 is 0 Å². The molecule has 0 rings (SSSR count). The van der Waals surface area contributed by atoms with E-state index < -0.39 is 6.16 Å². The lowest BCUT2D eigenvalue weighted by Gasteiger charge is -2.18. The van der Waals surface area contributed by atoms with Crippen molar-refractivity contribution < 1.29 is 33.3 Å². The number of hydrogen-bond acceptors (Lipinski definition) is 8. The number of carbonyl (C=O) groups excluding carboxylic acids is 3. The zero-order valence-electron chi connectivity index (χ0n) is 35.4. The molecule has 0 aliphatic rings. The molecule has 2 atom stereocenters. The first-order valence-corrected chi connectivity index (χ1v) is 21.8. The van der Waals surface area contributed by atoms with Crippen LogP contribution in [-0.4, -0.2) is 68.6 Å². The van der Waals surface area contributed by atoms with Gasteiger partial charge < -0.3 is 23.8 Å². The molecule has 2 unspecified atom stereocenters. The highest BCUT2D eigenvalue weighted by atomic mass is 16.7. The van der Waals surface area contributed by atoms with Gasteiger partial charge in [-0.25, -0.2) is 4.79 Å². The molecule has 0 saturated carbocycles. The lowest BCUT2D eigenvalue weighted by molar-refractivity contribution is -0.147. The predicted molar refractivity (Wildman–Crippen MR) is 220 cm³/mol. The van der Waals surface area contributed by atoms with Crippen molar-refractivity contribution >= 4 is 18.1 Å². The second kappa shape index (κ2) is 37.9. The zero-order valence-corrected chi connectivity index (χ0v) is 35.4. The topological polar surface area (TPSA) is 91.4 Å². The van der Waals surface area contributed by atoms with E-state index in [0.717, 1.165) is 116 Å². The van der Waals surface area contributed by atoms with Crippen molar-refractivity contribution in [1.82, 2.24) is 4.90 Å². The number of ether oxygens (including phenoxy) is 4. The molecule has 0 N–H and O–H groups in total. The van der Waals surface area contributed by atoms with Crippen LogP contribution in [0.4, 0.5) is 4.79 Å². The summed E-state index contributed by atoms with van der Waals surface area (Å²) in [4.78, 5) is 37.5. The second-order valence-corrected chi connectivity index (χ2v) is 15.3. The largest absolute Gasteiger partial charge is 0.508 e. The first-order valence-electron chi connectivity index (χ1n) is 21.8. The second-order valence-electron chi connectivity index (χ2n) is 15.3. The molecule has 0 aromatic carbocycles. The molecule has 0 heterocycles. The molecule has 8 nitrogen and oxygen atoms in total. The van der Waals surface area contributed by atoms with E-state index in [0.29, 0.717) is 6.61 Å². The lowest BCUT2D eigenvalue weighted by Crippen LogP contribution is -2.21. The fourth-order valence-corrected chi connectivity index (χ4v) is 6.55. The van der Waals surface area contributed by atoms with Gasteiger partial charge in [0.25, 0.3) is 0 Å². The molecule has 0 aliphatic carbocycles. The van der Waals surface area contributed by atoms with Gasteiger partial charge in [-0.1, -0.05) is 115 Å². The van der Waals surface area contributed by atoms with Crippen LogP contribution in [0.1, 0.15) is 201 Å². The van der Waals surface area contributed by atoms with Gasteiger partial charge in [-0.05, 0) is 97.6 Å². The van der Waals surface area contributed by atoms with Gasteiger partial charge in [0, 0.05) is 33.2 Å². The van der Waals surface area contributed by atoms with Gasteiger partial charge in [-0.2, -0.15) is 0 Å². The Kier molecular flexibility index (Phi) is 36.3. The molecule has 0 aromatic heterocycles. The van der Waals surface area contributed by atoms with Gasteiger partial charge in [0.05, 0.1) is 6.61 Å². The zero-order chi connectivity index (χ0) is 39.2. The van der Waals surface area contributed by atoms with E-state index in [1.807, 2.05) is 14.1 Å². The molecule has 310 valence electrons. The van der Waals surface area contributed by atoms with Gasteiger partial charge in [-0.3, -0.25) is 9.59 Å². The number of hydrogen-bond donors (Lipinski definition) is 0. The Bertz CT molecular complexity index is 861. The van der Waals surface area contributed by atoms with Crippen molar-refractivity contribution in [3.05, 3.63) is 24.3 Å². The number of rotatable bonds is 37. The summed E-state index contributed by atoms with van der Waals surface area (Å²) in [5, 5.41) is 0. The normalized spacial score (nSPS) is 13.4. The third kappa shape index (κ3) is 37.7. The van der Waals surface area contributed by atoms with Crippen molar-refractivity contribution in [2.75, 3.05) is 27.2 Å². The standard InChI is InChI=1S/C45H83NO7/c1-7-9-11-25-32-42(51-40(3)47)34-27-21-17-13-15-19-23-29-36-44(53-45(49)50-39-31-38-46(5)6)37-30-24-20-16-14-18-22-28-35-43(52-41(4)48)33-26-12-10-8-2/h21-22,27-28,42-44H,7-20,23-26,29-39H2,1-6H3. The molecule has 0 bridgehead atoms. The van der Waals surface area contributed by atoms with Gasteiger partial charge in [0.1, 0.15) is 18.3 Å². The summed E-state index contributed by atoms with van der Waals surface area (Å²) in [6, 6.07) is 0. The van der Waals surface area contributed by atoms with E-state index >= 15 is 0 Å². The van der Waals surface area contributed by atoms with Crippen LogP contribution in [-0.2, 0) is 28.5 Å². The summed E-state index contributed by atoms with van der Waals surface area (Å²) in [6.07, 6.45) is 37.4. The fourth-order valence-electron chi connectivity index (χ4n) is 6.55. The highest BCUT2D eigenvalue weighted by Gasteiger charge is 2.16. The lowest BCUT2D eigenvalue weighted by atomic mass is 10.0. The minimum atomic E-state index is -0.527. The molecule has 0 aromatic rings. The number of nitrogens with zero attached hydrogens (tertiary/aromatic N) is 1. The molecule has 0 fully saturated rings. The predicted octanol–water partition coefficient (Wildman–Crippen LogP) is 12.6. The average Bonchev–Trinajstić information content (AvgIpc) is 3.10. The van der Waals surface area contributed by atoms with Crippen LogP contribution in [0, 0.1) is 0 Å². The van der Waals surface area contributed by atoms with Crippen molar-refractivity contribution in [2.24, 2.45) is 0 Å². The quantitative estimate of drug-likeness (QED) is 0.0268. The van der Waals surface area contributed by atoms with Crippen molar-refractivity contribution in [3.8, 4) is 0 Å². The Labute approximate surface area is 326 Å². The molecule has 0 spiro atoms. The minimum Gasteiger partial charge on any atom is -0.462 e. The molecule has 53 heavy (non-hydrogen) atoms. The fraction of sp³-hybridized carbons (Fsp3) is 0.844. The van der Waals surface area contributed by atoms with Gasteiger partial charge in [-0.15, -0.1) is 0 Å². The maximum atomic E-state index is 12.4. The third-order valence-corrected chi connectivity index (χ3v) is 9.58. The van der Waals surface area contributed by atoms with E-state index in [-0.39, 0.29) is 30.3 Å². The minimum absolute atomic E-state index is 0.00322. The third-order valence-electron chi connectivity index (χ3n) is 9.58. The van der Waals surface area contributed by atoms with E-state index in [1.54, 1.807) is 0 Å². The molecular weight excluding hydrogens is 666 g/mol. The highest BCUT2D eigenvalue weighted by molar-refractivity contribution is 5.66. The first-order chi connectivity index (χ1) is 25.7.